The quantitative estimate of drug-likeness (QED) is 0.254. The third kappa shape index (κ3) is 11.6. The van der Waals surface area contributed by atoms with E-state index in [0.717, 1.165) is 58.9 Å². The molecule has 0 aromatic heterocycles. The van der Waals surface area contributed by atoms with E-state index in [9.17, 15) is 19.8 Å². The predicted molar refractivity (Wildman–Crippen MR) is 157 cm³/mol. The molecule has 6 nitrogen and oxygen atoms in total. The standard InChI is InChI=1S/C25H42N2O4S4/c1-16-8-32-12-19(13-33-9-16)21(26-23(28)29)7-25(4,5)6-18(3)22(27-24(30)31)20-14-34-10-17(2)11-35-15-20/h18-22,26-27H,1-2,6-15H2,3-5H3,(H,28,29)(H,30,31). The average molecular weight is 563 g/mol. The van der Waals surface area contributed by atoms with Crippen molar-refractivity contribution < 1.29 is 19.8 Å². The molecule has 2 saturated heterocycles. The van der Waals surface area contributed by atoms with Crippen LogP contribution in [0.25, 0.3) is 0 Å². The summed E-state index contributed by atoms with van der Waals surface area (Å²) in [5, 5.41) is 24.8. The lowest BCUT2D eigenvalue weighted by atomic mass is 9.73. The van der Waals surface area contributed by atoms with Crippen molar-refractivity contribution in [2.45, 2.75) is 45.7 Å². The summed E-state index contributed by atoms with van der Waals surface area (Å²) in [6.45, 7) is 14.7. The Morgan fingerprint density at radius 1 is 0.857 bits per heavy atom. The van der Waals surface area contributed by atoms with Crippen LogP contribution < -0.4 is 10.6 Å². The van der Waals surface area contributed by atoms with E-state index >= 15 is 0 Å². The van der Waals surface area contributed by atoms with Crippen LogP contribution in [-0.2, 0) is 0 Å². The largest absolute Gasteiger partial charge is 0.465 e. The first-order chi connectivity index (χ1) is 16.5. The van der Waals surface area contributed by atoms with Gasteiger partial charge >= 0.3 is 12.2 Å². The first-order valence-electron chi connectivity index (χ1n) is 12.1. The van der Waals surface area contributed by atoms with Crippen LogP contribution in [0.2, 0.25) is 0 Å². The van der Waals surface area contributed by atoms with E-state index in [2.05, 4.69) is 44.6 Å². The lowest BCUT2D eigenvalue weighted by Crippen LogP contribution is -2.48. The maximum atomic E-state index is 11.7. The van der Waals surface area contributed by atoms with Crippen molar-refractivity contribution in [1.82, 2.24) is 10.6 Å². The zero-order chi connectivity index (χ0) is 26.0. The van der Waals surface area contributed by atoms with Gasteiger partial charge in [-0.3, -0.25) is 0 Å². The summed E-state index contributed by atoms with van der Waals surface area (Å²) in [6, 6.07) is -0.270. The zero-order valence-electron chi connectivity index (χ0n) is 21.2. The molecule has 0 aromatic carbocycles. The van der Waals surface area contributed by atoms with Crippen molar-refractivity contribution in [2.75, 3.05) is 46.0 Å². The summed E-state index contributed by atoms with van der Waals surface area (Å²) in [7, 11) is 0. The monoisotopic (exact) mass is 562 g/mol. The Balaban J connectivity index is 2.10. The smallest absolute Gasteiger partial charge is 0.404 e. The number of nitrogens with one attached hydrogen (secondary N) is 2. The zero-order valence-corrected chi connectivity index (χ0v) is 24.5. The van der Waals surface area contributed by atoms with Crippen LogP contribution in [0.4, 0.5) is 9.59 Å². The Hall–Kier alpha value is -0.580. The molecule has 0 aromatic rings. The van der Waals surface area contributed by atoms with E-state index in [1.165, 1.54) is 11.1 Å². The Morgan fingerprint density at radius 3 is 1.71 bits per heavy atom. The van der Waals surface area contributed by atoms with E-state index in [1.807, 2.05) is 47.0 Å². The number of carbonyl (C=O) groups is 2. The van der Waals surface area contributed by atoms with Crippen LogP contribution in [-0.4, -0.2) is 80.5 Å². The molecule has 10 heteroatoms. The molecule has 0 aliphatic carbocycles. The Bertz CT molecular complexity index is 725. The molecule has 2 rings (SSSR count). The number of amides is 2. The summed E-state index contributed by atoms with van der Waals surface area (Å²) in [4.78, 5) is 23.4. The highest BCUT2D eigenvalue weighted by molar-refractivity contribution is 8.01. The molecule has 4 N–H and O–H groups in total. The minimum Gasteiger partial charge on any atom is -0.465 e. The van der Waals surface area contributed by atoms with Gasteiger partial charge in [0.05, 0.1) is 0 Å². The van der Waals surface area contributed by atoms with Gasteiger partial charge in [-0.15, -0.1) is 0 Å². The number of rotatable bonds is 9. The van der Waals surface area contributed by atoms with Gasteiger partial charge in [0.15, 0.2) is 0 Å². The second-order valence-electron chi connectivity index (χ2n) is 10.7. The molecule has 3 unspecified atom stereocenters. The summed E-state index contributed by atoms with van der Waals surface area (Å²) >= 11 is 7.37. The van der Waals surface area contributed by atoms with E-state index < -0.39 is 12.2 Å². The summed E-state index contributed by atoms with van der Waals surface area (Å²) < 4.78 is 0. The number of thioether (sulfide) groups is 4. The highest BCUT2D eigenvalue weighted by Gasteiger charge is 2.36. The second kappa shape index (κ2) is 15.0. The first kappa shape index (κ1) is 30.6. The van der Waals surface area contributed by atoms with Gasteiger partial charge in [-0.2, -0.15) is 47.0 Å². The van der Waals surface area contributed by atoms with Gasteiger partial charge in [0.2, 0.25) is 0 Å². The molecule has 0 bridgehead atoms. The van der Waals surface area contributed by atoms with Crippen LogP contribution in [0.3, 0.4) is 0 Å². The fraction of sp³-hybridized carbons (Fsp3) is 0.760. The minimum absolute atomic E-state index is 0.129. The van der Waals surface area contributed by atoms with Gasteiger partial charge in [-0.25, -0.2) is 9.59 Å². The van der Waals surface area contributed by atoms with Gasteiger partial charge in [0.25, 0.3) is 0 Å². The lowest BCUT2D eigenvalue weighted by molar-refractivity contribution is 0.147. The number of hydrogen-bond donors (Lipinski definition) is 4. The van der Waals surface area contributed by atoms with Crippen molar-refractivity contribution in [3.63, 3.8) is 0 Å². The van der Waals surface area contributed by atoms with E-state index in [1.54, 1.807) is 0 Å². The molecule has 0 saturated carbocycles. The van der Waals surface area contributed by atoms with Gasteiger partial charge in [0.1, 0.15) is 0 Å². The van der Waals surface area contributed by atoms with E-state index in [-0.39, 0.29) is 35.3 Å². The van der Waals surface area contributed by atoms with Gasteiger partial charge in [0, 0.05) is 35.1 Å². The van der Waals surface area contributed by atoms with Gasteiger partial charge in [-0.05, 0) is 59.0 Å². The first-order valence-corrected chi connectivity index (χ1v) is 16.7. The van der Waals surface area contributed by atoms with Crippen molar-refractivity contribution >= 4 is 59.2 Å². The topological polar surface area (TPSA) is 98.7 Å². The molecule has 2 fully saturated rings. The molecule has 0 radical (unpaired) electrons. The molecular formula is C25H42N2O4S4. The normalized spacial score (nSPS) is 22.1. The highest BCUT2D eigenvalue weighted by atomic mass is 32.2. The van der Waals surface area contributed by atoms with E-state index in [0.29, 0.717) is 0 Å². The third-order valence-electron chi connectivity index (χ3n) is 6.49. The summed E-state index contributed by atoms with van der Waals surface area (Å²) in [5.41, 5.74) is 2.33. The van der Waals surface area contributed by atoms with E-state index in [4.69, 9.17) is 0 Å². The van der Waals surface area contributed by atoms with Crippen LogP contribution in [0.15, 0.2) is 24.3 Å². The Labute approximate surface area is 228 Å². The third-order valence-corrected chi connectivity index (χ3v) is 11.6. The molecule has 2 aliphatic rings. The molecule has 2 amide bonds. The van der Waals surface area contributed by atoms with Gasteiger partial charge in [-0.1, -0.05) is 45.1 Å². The molecule has 35 heavy (non-hydrogen) atoms. The van der Waals surface area contributed by atoms with Crippen LogP contribution in [0.5, 0.6) is 0 Å². The van der Waals surface area contributed by atoms with Crippen LogP contribution in [0, 0.1) is 23.2 Å². The Kier molecular flexibility index (Phi) is 13.1. The van der Waals surface area contributed by atoms with Gasteiger partial charge < -0.3 is 20.8 Å². The molecule has 3 atom stereocenters. The molecule has 2 aliphatic heterocycles. The highest BCUT2D eigenvalue weighted by Crippen LogP contribution is 2.38. The number of hydrogen-bond acceptors (Lipinski definition) is 6. The summed E-state index contributed by atoms with van der Waals surface area (Å²) in [5.74, 6) is 7.98. The SMILES string of the molecule is C=C1CSCC(C(CC(C)(C)CC(C)C(NC(=O)O)C2CSCC(=C)CSC2)NC(=O)O)CSC1. The minimum atomic E-state index is -0.976. The lowest BCUT2D eigenvalue weighted by Gasteiger charge is -2.39. The van der Waals surface area contributed by atoms with Crippen molar-refractivity contribution in [3.8, 4) is 0 Å². The molecule has 200 valence electrons. The maximum Gasteiger partial charge on any atom is 0.404 e. The fourth-order valence-electron chi connectivity index (χ4n) is 5.08. The fourth-order valence-corrected chi connectivity index (χ4v) is 10.2. The van der Waals surface area contributed by atoms with Crippen LogP contribution >= 0.6 is 47.0 Å². The van der Waals surface area contributed by atoms with Crippen molar-refractivity contribution in [3.05, 3.63) is 24.3 Å². The predicted octanol–water partition coefficient (Wildman–Crippen LogP) is 6.01. The maximum absolute atomic E-state index is 11.7. The number of carboxylic acid groups (broad SMARTS) is 2. The molecule has 0 spiro atoms. The molecular weight excluding hydrogens is 521 g/mol. The Morgan fingerprint density at radius 2 is 1.29 bits per heavy atom. The van der Waals surface area contributed by atoms with Crippen LogP contribution in [0.1, 0.15) is 33.6 Å². The molecule has 2 heterocycles. The average Bonchev–Trinajstić information content (AvgIpc) is 2.70. The second-order valence-corrected chi connectivity index (χ2v) is 14.8. The van der Waals surface area contributed by atoms with Crippen molar-refractivity contribution in [1.29, 1.82) is 0 Å². The summed E-state index contributed by atoms with van der Waals surface area (Å²) in [6.07, 6.45) is -0.407. The van der Waals surface area contributed by atoms with Crippen molar-refractivity contribution in [2.24, 2.45) is 23.2 Å².